The highest BCUT2D eigenvalue weighted by Crippen LogP contribution is 2.46. The molecule has 45 heavy (non-hydrogen) atoms. The largest absolute Gasteiger partial charge is 0.459 e. The number of rotatable bonds is 7. The molecule has 0 aromatic rings. The summed E-state index contributed by atoms with van der Waals surface area (Å²) in [6.45, 7) is 23.3. The predicted molar refractivity (Wildman–Crippen MR) is 171 cm³/mol. The molecule has 3 heterocycles. The van der Waals surface area contributed by atoms with E-state index in [-0.39, 0.29) is 43.5 Å². The number of carbonyl (C=O) groups excluding carboxylic acids is 2. The molecule has 3 saturated heterocycles. The smallest absolute Gasteiger partial charge is 0.311 e. The number of hydrogen-bond donors (Lipinski definition) is 2. The molecule has 258 valence electrons. The van der Waals surface area contributed by atoms with E-state index in [4.69, 9.17) is 23.7 Å². The Morgan fingerprint density at radius 2 is 1.71 bits per heavy atom. The molecule has 1 unspecified atom stereocenters. The number of nitrogens with zero attached hydrogens (tertiary/aromatic N) is 1. The van der Waals surface area contributed by atoms with Crippen LogP contribution in [0, 0.1) is 29.6 Å². The second kappa shape index (κ2) is 15.0. The van der Waals surface area contributed by atoms with Gasteiger partial charge in [-0.1, -0.05) is 40.3 Å². The maximum absolute atomic E-state index is 14.2. The Balaban J connectivity index is 2.14. The van der Waals surface area contributed by atoms with Crippen molar-refractivity contribution in [3.63, 3.8) is 0 Å². The third kappa shape index (κ3) is 7.74. The van der Waals surface area contributed by atoms with Crippen LogP contribution in [0.5, 0.6) is 0 Å². The van der Waals surface area contributed by atoms with Crippen molar-refractivity contribution in [2.24, 2.45) is 29.6 Å². The van der Waals surface area contributed by atoms with Crippen LogP contribution < -0.4 is 0 Å². The number of aliphatic hydroxyl groups excluding tert-OH is 2. The highest BCUT2D eigenvalue weighted by molar-refractivity contribution is 5.84. The SMILES string of the molecule is C=CCO[C@]1(C)C[C@@H](C)C(=O)C(C)[C@@H]2C(=C)CO[C@]2(C)[C@@H](CC)OC(=O)[C@H](C)[C@@H](O)[C@H](C)[C@H]1O[C@@H]1O[C@H](C)C[C@H](N(C)C)[C@H]1O. The molecule has 2 N–H and O–H groups in total. The van der Waals surface area contributed by atoms with Crippen molar-refractivity contribution >= 4 is 11.8 Å². The van der Waals surface area contributed by atoms with Crippen molar-refractivity contribution in [2.45, 2.75) is 129 Å². The highest BCUT2D eigenvalue weighted by atomic mass is 16.7. The average Bonchev–Trinajstić information content (AvgIpc) is 3.30. The van der Waals surface area contributed by atoms with Crippen LogP contribution >= 0.6 is 0 Å². The molecule has 3 rings (SSSR count). The van der Waals surface area contributed by atoms with Gasteiger partial charge in [0.2, 0.25) is 0 Å². The molecule has 3 aliphatic heterocycles. The molecule has 0 aromatic heterocycles. The number of Topliss-reactive ketones (excluding diaryl/α,β-unsaturated/α-hetero) is 1. The van der Waals surface area contributed by atoms with Crippen molar-refractivity contribution in [1.29, 1.82) is 0 Å². The summed E-state index contributed by atoms with van der Waals surface area (Å²) in [6, 6.07) is -0.227. The van der Waals surface area contributed by atoms with Gasteiger partial charge in [-0.25, -0.2) is 0 Å². The molecule has 0 aromatic carbocycles. The Labute approximate surface area is 270 Å². The molecule has 10 nitrogen and oxygen atoms in total. The van der Waals surface area contributed by atoms with E-state index in [0.717, 1.165) is 5.57 Å². The van der Waals surface area contributed by atoms with Crippen LogP contribution in [0.4, 0.5) is 0 Å². The first-order chi connectivity index (χ1) is 20.9. The van der Waals surface area contributed by atoms with Crippen LogP contribution in [0.1, 0.15) is 74.7 Å². The van der Waals surface area contributed by atoms with E-state index < -0.39 is 71.5 Å². The molecule has 0 saturated carbocycles. The van der Waals surface area contributed by atoms with Crippen LogP contribution in [0.15, 0.2) is 24.8 Å². The maximum Gasteiger partial charge on any atom is 0.311 e. The van der Waals surface area contributed by atoms with E-state index in [1.807, 2.05) is 60.5 Å². The quantitative estimate of drug-likeness (QED) is 0.314. The number of fused-ring (bicyclic) bond motifs is 1. The summed E-state index contributed by atoms with van der Waals surface area (Å²) >= 11 is 0. The maximum atomic E-state index is 14.2. The summed E-state index contributed by atoms with van der Waals surface area (Å²) in [7, 11) is 3.79. The van der Waals surface area contributed by atoms with Gasteiger partial charge in [0, 0.05) is 29.7 Å². The number of aliphatic hydroxyl groups is 2. The number of cyclic esters (lactones) is 1. The van der Waals surface area contributed by atoms with Gasteiger partial charge in [-0.2, -0.15) is 0 Å². The number of likely N-dealkylation sites (N-methyl/N-ethyl adjacent to an activating group) is 1. The number of carbonyl (C=O) groups is 2. The second-order valence-corrected chi connectivity index (χ2v) is 14.4. The van der Waals surface area contributed by atoms with Crippen LogP contribution in [0.25, 0.3) is 0 Å². The minimum Gasteiger partial charge on any atom is -0.459 e. The molecule has 0 radical (unpaired) electrons. The number of hydrogen-bond acceptors (Lipinski definition) is 10. The van der Waals surface area contributed by atoms with Crippen molar-refractivity contribution in [3.05, 3.63) is 24.8 Å². The first-order valence-corrected chi connectivity index (χ1v) is 16.6. The van der Waals surface area contributed by atoms with Crippen molar-refractivity contribution in [3.8, 4) is 0 Å². The summed E-state index contributed by atoms with van der Waals surface area (Å²) in [5, 5.41) is 23.2. The Bertz CT molecular complexity index is 1070. The minimum atomic E-state index is -1.22. The lowest BCUT2D eigenvalue weighted by Gasteiger charge is -2.48. The average molecular weight is 638 g/mol. The number of esters is 1. The van der Waals surface area contributed by atoms with Gasteiger partial charge in [0.25, 0.3) is 0 Å². The molecule has 14 atom stereocenters. The van der Waals surface area contributed by atoms with Crippen molar-refractivity contribution < 1.29 is 43.5 Å². The van der Waals surface area contributed by atoms with Gasteiger partial charge in [-0.3, -0.25) is 9.59 Å². The lowest BCUT2D eigenvalue weighted by molar-refractivity contribution is -0.302. The Morgan fingerprint density at radius 1 is 1.07 bits per heavy atom. The molecule has 0 spiro atoms. The monoisotopic (exact) mass is 637 g/mol. The fourth-order valence-electron chi connectivity index (χ4n) is 8.05. The molecule has 0 aliphatic carbocycles. The Hall–Kier alpha value is -1.66. The van der Waals surface area contributed by atoms with Crippen LogP contribution in [-0.2, 0) is 33.3 Å². The molecule has 0 bridgehead atoms. The van der Waals surface area contributed by atoms with Crippen LogP contribution in [-0.4, -0.2) is 108 Å². The fourth-order valence-corrected chi connectivity index (χ4v) is 8.05. The van der Waals surface area contributed by atoms with E-state index in [1.165, 1.54) is 0 Å². The van der Waals surface area contributed by atoms with Gasteiger partial charge in [-0.05, 0) is 66.6 Å². The predicted octanol–water partition coefficient (Wildman–Crippen LogP) is 3.92. The summed E-state index contributed by atoms with van der Waals surface area (Å²) in [6.07, 6.45) is -2.07. The van der Waals surface area contributed by atoms with Gasteiger partial charge in [0.05, 0.1) is 43.0 Å². The fraction of sp³-hybridized carbons (Fsp3) is 0.829. The van der Waals surface area contributed by atoms with Crippen LogP contribution in [0.3, 0.4) is 0 Å². The molecule has 0 amide bonds. The summed E-state index contributed by atoms with van der Waals surface area (Å²) < 4.78 is 31.6. The van der Waals surface area contributed by atoms with Gasteiger partial charge in [0.15, 0.2) is 6.29 Å². The van der Waals surface area contributed by atoms with E-state index in [0.29, 0.717) is 12.8 Å². The van der Waals surface area contributed by atoms with Gasteiger partial charge in [0.1, 0.15) is 23.6 Å². The molecule has 3 aliphatic rings. The summed E-state index contributed by atoms with van der Waals surface area (Å²) in [5.74, 6) is -3.56. The number of ketones is 1. The standard InChI is InChI=1S/C35H59NO9/c1-13-15-41-34(9)17-19(3)28(37)22(6)27-20(4)18-42-35(27,10)26(14-2)44-32(40)24(8)29(38)23(7)31(34)45-33-30(39)25(36(11)12)16-21(5)43-33/h13,19,21-27,29-31,33,38-39H,1,4,14-18H2,2-3,5-12H3/t19-,21-,22?,23+,24-,25+,26-,27+,29+,30-,31-,33+,34-,35-/m1/s1. The van der Waals surface area contributed by atoms with E-state index >= 15 is 0 Å². The third-order valence-electron chi connectivity index (χ3n) is 10.6. The van der Waals surface area contributed by atoms with Crippen molar-refractivity contribution in [1.82, 2.24) is 4.90 Å². The van der Waals surface area contributed by atoms with E-state index in [1.54, 1.807) is 19.9 Å². The second-order valence-electron chi connectivity index (χ2n) is 14.4. The lowest BCUT2D eigenvalue weighted by atomic mass is 9.69. The third-order valence-corrected chi connectivity index (χ3v) is 10.6. The Kier molecular flexibility index (Phi) is 12.6. The minimum absolute atomic E-state index is 0.0000989. The zero-order valence-electron chi connectivity index (χ0n) is 29.2. The van der Waals surface area contributed by atoms with Gasteiger partial charge < -0.3 is 38.8 Å². The zero-order chi connectivity index (χ0) is 34.0. The summed E-state index contributed by atoms with van der Waals surface area (Å²) in [4.78, 5) is 29.9. The van der Waals surface area contributed by atoms with Gasteiger partial charge >= 0.3 is 5.97 Å². The lowest BCUT2D eigenvalue weighted by Crippen LogP contribution is -2.60. The van der Waals surface area contributed by atoms with Crippen molar-refractivity contribution in [2.75, 3.05) is 27.3 Å². The highest BCUT2D eigenvalue weighted by Gasteiger charge is 2.55. The Morgan fingerprint density at radius 3 is 2.29 bits per heavy atom. The molecule has 3 fully saturated rings. The zero-order valence-corrected chi connectivity index (χ0v) is 29.2. The molecular weight excluding hydrogens is 578 g/mol. The molecule has 10 heteroatoms. The van der Waals surface area contributed by atoms with E-state index in [9.17, 15) is 19.8 Å². The first-order valence-electron chi connectivity index (χ1n) is 16.6. The normalized spacial score (nSPS) is 45.6. The molecular formula is C35H59NO9. The van der Waals surface area contributed by atoms with Crippen LogP contribution in [0.2, 0.25) is 0 Å². The summed E-state index contributed by atoms with van der Waals surface area (Å²) in [5.41, 5.74) is -1.33. The van der Waals surface area contributed by atoms with Gasteiger partial charge in [-0.15, -0.1) is 6.58 Å². The number of ether oxygens (including phenoxy) is 5. The topological polar surface area (TPSA) is 124 Å². The first kappa shape index (κ1) is 37.8. The van der Waals surface area contributed by atoms with E-state index in [2.05, 4.69) is 13.2 Å².